The van der Waals surface area contributed by atoms with Crippen LogP contribution in [0.2, 0.25) is 0 Å². The Morgan fingerprint density at radius 3 is 2.61 bits per heavy atom. The summed E-state index contributed by atoms with van der Waals surface area (Å²) in [5, 5.41) is 14.6. The maximum atomic E-state index is 11.6. The fourth-order valence-corrected chi connectivity index (χ4v) is 1.72. The summed E-state index contributed by atoms with van der Waals surface area (Å²) >= 11 is 0. The normalized spacial score (nSPS) is 12.2. The van der Waals surface area contributed by atoms with Crippen LogP contribution in [0.3, 0.4) is 0 Å². The van der Waals surface area contributed by atoms with Gasteiger partial charge in [0.1, 0.15) is 12.4 Å². The molecule has 0 spiro atoms. The van der Waals surface area contributed by atoms with E-state index in [1.165, 1.54) is 13.8 Å². The van der Waals surface area contributed by atoms with Gasteiger partial charge in [-0.05, 0) is 38.2 Å². The summed E-state index contributed by atoms with van der Waals surface area (Å²) in [5.41, 5.74) is 1.25. The van der Waals surface area contributed by atoms with Crippen molar-refractivity contribution in [1.82, 2.24) is 10.6 Å². The highest BCUT2D eigenvalue weighted by atomic mass is 16.5. The average Bonchev–Trinajstić information content (AvgIpc) is 2.52. The second kappa shape index (κ2) is 8.71. The van der Waals surface area contributed by atoms with Crippen LogP contribution in [0, 0.1) is 11.3 Å². The lowest BCUT2D eigenvalue weighted by molar-refractivity contribution is -0.120. The van der Waals surface area contributed by atoms with Crippen molar-refractivity contribution in [2.24, 2.45) is 0 Å². The highest BCUT2D eigenvalue weighted by Gasteiger charge is 2.10. The molecule has 0 saturated carbocycles. The molecule has 0 aliphatic rings. The van der Waals surface area contributed by atoms with Gasteiger partial charge in [0, 0.05) is 25.5 Å². The van der Waals surface area contributed by atoms with Crippen LogP contribution in [-0.4, -0.2) is 31.4 Å². The molecule has 6 heteroatoms. The number of nitrogens with zero attached hydrogens (tertiary/aromatic N) is 1. The number of allylic oxidation sites excluding steroid dienone is 1. The van der Waals surface area contributed by atoms with E-state index in [2.05, 4.69) is 16.7 Å². The molecule has 0 fully saturated rings. The van der Waals surface area contributed by atoms with E-state index in [1.807, 2.05) is 14.0 Å². The van der Waals surface area contributed by atoms with Gasteiger partial charge in [-0.2, -0.15) is 5.26 Å². The number of nitriles is 1. The summed E-state index contributed by atoms with van der Waals surface area (Å²) in [6, 6.07) is 7.10. The second-order valence-electron chi connectivity index (χ2n) is 5.16. The molecule has 1 aromatic rings. The van der Waals surface area contributed by atoms with Crippen LogP contribution in [0.5, 0.6) is 5.75 Å². The molecule has 0 aromatic heterocycles. The Bertz CT molecular complexity index is 660. The van der Waals surface area contributed by atoms with E-state index in [4.69, 9.17) is 10.00 Å². The fraction of sp³-hybridized carbons (Fsp3) is 0.353. The summed E-state index contributed by atoms with van der Waals surface area (Å²) in [4.78, 5) is 22.8. The predicted octanol–water partition coefficient (Wildman–Crippen LogP) is 1.61. The van der Waals surface area contributed by atoms with Crippen LogP contribution in [0.25, 0.3) is 6.08 Å². The molecule has 0 heterocycles. The average molecular weight is 315 g/mol. The number of ether oxygens (including phenoxy) is 1. The minimum Gasteiger partial charge on any atom is -0.491 e. The molecule has 1 rings (SSSR count). The van der Waals surface area contributed by atoms with Gasteiger partial charge in [0.15, 0.2) is 5.78 Å². The number of carbonyl (C=O) groups excluding carboxylic acids is 2. The molecule has 0 aliphatic heterocycles. The van der Waals surface area contributed by atoms with Crippen molar-refractivity contribution in [3.8, 4) is 11.8 Å². The molecule has 0 aliphatic carbocycles. The summed E-state index contributed by atoms with van der Waals surface area (Å²) in [7, 11) is 1.82. The number of ketones is 1. The van der Waals surface area contributed by atoms with Gasteiger partial charge in [-0.3, -0.25) is 9.59 Å². The van der Waals surface area contributed by atoms with Crippen LogP contribution in [0.1, 0.15) is 31.9 Å². The van der Waals surface area contributed by atoms with Crippen molar-refractivity contribution in [3.63, 3.8) is 0 Å². The van der Waals surface area contributed by atoms with E-state index in [0.717, 1.165) is 0 Å². The molecule has 122 valence electrons. The van der Waals surface area contributed by atoms with Crippen LogP contribution >= 0.6 is 0 Å². The molecule has 0 bridgehead atoms. The molecule has 6 nitrogen and oxygen atoms in total. The summed E-state index contributed by atoms with van der Waals surface area (Å²) in [6.45, 7) is 5.07. The number of amides is 1. The number of nitrogens with one attached hydrogen (secondary N) is 2. The maximum absolute atomic E-state index is 11.6. The Kier molecular flexibility index (Phi) is 6.97. The zero-order chi connectivity index (χ0) is 17.4. The van der Waals surface area contributed by atoms with Crippen molar-refractivity contribution >= 4 is 17.8 Å². The summed E-state index contributed by atoms with van der Waals surface area (Å²) in [5.74, 6) is -0.110. The first kappa shape index (κ1) is 18.4. The van der Waals surface area contributed by atoms with E-state index in [0.29, 0.717) is 23.5 Å². The Hall–Kier alpha value is -2.65. The Labute approximate surface area is 136 Å². The SMILES string of the molecule is CNC(C)COc1cc(C#N)ccc1/C=C(\NC(C)=O)C(C)=O. The first-order chi connectivity index (χ1) is 10.9. The third kappa shape index (κ3) is 5.93. The van der Waals surface area contributed by atoms with Crippen LogP contribution in [0.4, 0.5) is 0 Å². The molecular weight excluding hydrogens is 294 g/mol. The molecule has 1 aromatic carbocycles. The van der Waals surface area contributed by atoms with Crippen molar-refractivity contribution in [2.45, 2.75) is 26.8 Å². The van der Waals surface area contributed by atoms with Gasteiger partial charge in [0.05, 0.1) is 17.3 Å². The number of Topliss-reactive ketones (excluding diaryl/α,β-unsaturated/α-hetero) is 1. The predicted molar refractivity (Wildman–Crippen MR) is 87.6 cm³/mol. The third-order valence-corrected chi connectivity index (χ3v) is 3.11. The molecule has 1 unspecified atom stereocenters. The summed E-state index contributed by atoms with van der Waals surface area (Å²) < 4.78 is 5.74. The lowest BCUT2D eigenvalue weighted by Gasteiger charge is -2.15. The lowest BCUT2D eigenvalue weighted by atomic mass is 10.1. The van der Waals surface area contributed by atoms with Gasteiger partial charge in [0.25, 0.3) is 0 Å². The monoisotopic (exact) mass is 315 g/mol. The molecule has 23 heavy (non-hydrogen) atoms. The Morgan fingerprint density at radius 2 is 2.09 bits per heavy atom. The standard InChI is InChI=1S/C17H21N3O3/c1-11(19-4)10-23-17-7-14(9-18)5-6-15(17)8-16(12(2)21)20-13(3)22/h5-8,11,19H,10H2,1-4H3,(H,20,22)/b16-8-. The first-order valence-electron chi connectivity index (χ1n) is 7.21. The van der Waals surface area contributed by atoms with Crippen molar-refractivity contribution in [3.05, 3.63) is 35.0 Å². The fourth-order valence-electron chi connectivity index (χ4n) is 1.72. The van der Waals surface area contributed by atoms with Crippen LogP contribution < -0.4 is 15.4 Å². The van der Waals surface area contributed by atoms with Gasteiger partial charge >= 0.3 is 0 Å². The van der Waals surface area contributed by atoms with Crippen LogP contribution in [0.15, 0.2) is 23.9 Å². The van der Waals surface area contributed by atoms with Crippen molar-refractivity contribution < 1.29 is 14.3 Å². The zero-order valence-corrected chi connectivity index (χ0v) is 13.8. The van der Waals surface area contributed by atoms with E-state index >= 15 is 0 Å². The highest BCUT2D eigenvalue weighted by Crippen LogP contribution is 2.23. The topological polar surface area (TPSA) is 91.2 Å². The van der Waals surface area contributed by atoms with E-state index < -0.39 is 0 Å². The van der Waals surface area contributed by atoms with Crippen molar-refractivity contribution in [1.29, 1.82) is 5.26 Å². The number of benzene rings is 1. The number of rotatable bonds is 7. The molecular formula is C17H21N3O3. The molecule has 0 saturated heterocycles. The van der Waals surface area contributed by atoms with E-state index in [-0.39, 0.29) is 23.4 Å². The van der Waals surface area contributed by atoms with Crippen LogP contribution in [-0.2, 0) is 9.59 Å². The van der Waals surface area contributed by atoms with Crippen molar-refractivity contribution in [2.75, 3.05) is 13.7 Å². The first-order valence-corrected chi connectivity index (χ1v) is 7.21. The Balaban J connectivity index is 3.19. The quantitative estimate of drug-likeness (QED) is 0.746. The largest absolute Gasteiger partial charge is 0.491 e. The van der Waals surface area contributed by atoms with Gasteiger partial charge in [-0.25, -0.2) is 0 Å². The van der Waals surface area contributed by atoms with Gasteiger partial charge in [-0.15, -0.1) is 0 Å². The highest BCUT2D eigenvalue weighted by molar-refractivity contribution is 6.01. The maximum Gasteiger partial charge on any atom is 0.221 e. The summed E-state index contributed by atoms with van der Waals surface area (Å²) in [6.07, 6.45) is 1.55. The smallest absolute Gasteiger partial charge is 0.221 e. The van der Waals surface area contributed by atoms with E-state index in [1.54, 1.807) is 24.3 Å². The molecule has 1 atom stereocenters. The zero-order valence-electron chi connectivity index (χ0n) is 13.8. The minimum absolute atomic E-state index is 0.125. The Morgan fingerprint density at radius 1 is 1.39 bits per heavy atom. The lowest BCUT2D eigenvalue weighted by Crippen LogP contribution is -2.28. The number of hydrogen-bond acceptors (Lipinski definition) is 5. The van der Waals surface area contributed by atoms with E-state index in [9.17, 15) is 9.59 Å². The molecule has 1 amide bonds. The molecule has 2 N–H and O–H groups in total. The number of likely N-dealkylation sites (N-methyl/N-ethyl adjacent to an activating group) is 1. The second-order valence-corrected chi connectivity index (χ2v) is 5.16. The van der Waals surface area contributed by atoms with Gasteiger partial charge in [0.2, 0.25) is 5.91 Å². The number of carbonyl (C=O) groups is 2. The van der Waals surface area contributed by atoms with Gasteiger partial charge in [-0.1, -0.05) is 0 Å². The molecule has 0 radical (unpaired) electrons. The van der Waals surface area contributed by atoms with Gasteiger partial charge < -0.3 is 15.4 Å². The number of hydrogen-bond donors (Lipinski definition) is 2. The minimum atomic E-state index is -0.327. The third-order valence-electron chi connectivity index (χ3n) is 3.11.